The number of aryl methyl sites for hydroxylation is 1. The van der Waals surface area contributed by atoms with Crippen LogP contribution in [-0.2, 0) is 10.0 Å². The molecule has 108 valence electrons. The number of sulfonamides is 1. The summed E-state index contributed by atoms with van der Waals surface area (Å²) in [6, 6.07) is 8.94. The summed E-state index contributed by atoms with van der Waals surface area (Å²) in [6.07, 6.45) is 0. The van der Waals surface area contributed by atoms with Crippen molar-refractivity contribution < 1.29 is 8.42 Å². The Morgan fingerprint density at radius 1 is 1.25 bits per heavy atom. The van der Waals surface area contributed by atoms with E-state index in [4.69, 9.17) is 0 Å². The van der Waals surface area contributed by atoms with Gasteiger partial charge in [0.2, 0.25) is 0 Å². The van der Waals surface area contributed by atoms with Gasteiger partial charge < -0.3 is 4.90 Å². The summed E-state index contributed by atoms with van der Waals surface area (Å²) in [4.78, 5) is 1.92. The van der Waals surface area contributed by atoms with E-state index in [2.05, 4.69) is 20.7 Å². The normalized spacial score (nSPS) is 11.4. The molecule has 4 nitrogen and oxygen atoms in total. The second-order valence-electron chi connectivity index (χ2n) is 4.57. The number of anilines is 2. The third-order valence-corrected chi connectivity index (χ3v) is 6.71. The highest BCUT2D eigenvalue weighted by Crippen LogP contribution is 2.31. The molecule has 0 atom stereocenters. The lowest BCUT2D eigenvalue weighted by molar-refractivity contribution is 0.603. The maximum atomic E-state index is 12.3. The number of rotatable bonds is 4. The van der Waals surface area contributed by atoms with Crippen molar-refractivity contribution >= 4 is 48.7 Å². The second-order valence-corrected chi connectivity index (χ2v) is 8.85. The second kappa shape index (κ2) is 5.75. The predicted molar refractivity (Wildman–Crippen MR) is 88.3 cm³/mol. The van der Waals surface area contributed by atoms with Gasteiger partial charge >= 0.3 is 0 Å². The lowest BCUT2D eigenvalue weighted by atomic mass is 10.3. The van der Waals surface area contributed by atoms with Crippen LogP contribution in [0.4, 0.5) is 11.4 Å². The highest BCUT2D eigenvalue weighted by Gasteiger charge is 2.18. The van der Waals surface area contributed by atoms with Crippen LogP contribution in [0.25, 0.3) is 0 Å². The zero-order valence-electron chi connectivity index (χ0n) is 11.3. The Labute approximate surface area is 131 Å². The summed E-state index contributed by atoms with van der Waals surface area (Å²) in [5.41, 5.74) is 2.41. The van der Waals surface area contributed by atoms with E-state index in [1.54, 1.807) is 18.2 Å². The zero-order valence-corrected chi connectivity index (χ0v) is 14.6. The molecular weight excluding hydrogens is 360 g/mol. The molecule has 0 aliphatic rings. The maximum absolute atomic E-state index is 12.3. The van der Waals surface area contributed by atoms with Gasteiger partial charge in [0.25, 0.3) is 10.0 Å². The first-order valence-corrected chi connectivity index (χ1v) is 8.95. The molecule has 0 amide bonds. The predicted octanol–water partition coefficient (Wildman–Crippen LogP) is 3.69. The van der Waals surface area contributed by atoms with Gasteiger partial charge in [-0.1, -0.05) is 6.07 Å². The highest BCUT2D eigenvalue weighted by molar-refractivity contribution is 9.11. The monoisotopic (exact) mass is 374 g/mol. The average Bonchev–Trinajstić information content (AvgIpc) is 2.70. The Balaban J connectivity index is 2.31. The van der Waals surface area contributed by atoms with E-state index in [1.807, 2.05) is 38.1 Å². The van der Waals surface area contributed by atoms with Gasteiger partial charge in [0.15, 0.2) is 0 Å². The van der Waals surface area contributed by atoms with Crippen LogP contribution in [0, 0.1) is 6.92 Å². The van der Waals surface area contributed by atoms with Gasteiger partial charge in [0, 0.05) is 19.8 Å². The largest absolute Gasteiger partial charge is 0.378 e. The molecule has 2 rings (SSSR count). The smallest absolute Gasteiger partial charge is 0.271 e. The number of hydrogen-bond donors (Lipinski definition) is 1. The van der Waals surface area contributed by atoms with E-state index in [0.29, 0.717) is 9.90 Å². The van der Waals surface area contributed by atoms with E-state index < -0.39 is 10.0 Å². The van der Waals surface area contributed by atoms with Crippen molar-refractivity contribution in [2.24, 2.45) is 0 Å². The number of thiophene rings is 1. The molecule has 0 aliphatic carbocycles. The number of nitrogens with zero attached hydrogens (tertiary/aromatic N) is 1. The molecule has 0 spiro atoms. The minimum Gasteiger partial charge on any atom is -0.378 e. The van der Waals surface area contributed by atoms with Crippen molar-refractivity contribution in [3.8, 4) is 0 Å². The SMILES string of the molecule is Cc1cc(S(=O)(=O)Nc2cccc(N(C)C)c2)sc1Br. The molecule has 20 heavy (non-hydrogen) atoms. The molecule has 7 heteroatoms. The number of nitrogens with one attached hydrogen (secondary N) is 1. The lowest BCUT2D eigenvalue weighted by Gasteiger charge is -2.14. The Hall–Kier alpha value is -1.05. The summed E-state index contributed by atoms with van der Waals surface area (Å²) in [6.45, 7) is 1.87. The van der Waals surface area contributed by atoms with E-state index in [9.17, 15) is 8.42 Å². The van der Waals surface area contributed by atoms with Gasteiger partial charge in [0.1, 0.15) is 4.21 Å². The molecule has 2 aromatic rings. The molecule has 0 saturated heterocycles. The summed E-state index contributed by atoms with van der Waals surface area (Å²) in [5.74, 6) is 0. The van der Waals surface area contributed by atoms with E-state index in [1.165, 1.54) is 11.3 Å². The van der Waals surface area contributed by atoms with E-state index >= 15 is 0 Å². The van der Waals surface area contributed by atoms with Crippen LogP contribution >= 0.6 is 27.3 Å². The van der Waals surface area contributed by atoms with Crippen LogP contribution in [0.15, 0.2) is 38.3 Å². The van der Waals surface area contributed by atoms with Gasteiger partial charge in [-0.05, 0) is 52.7 Å². The maximum Gasteiger partial charge on any atom is 0.271 e. The fraction of sp³-hybridized carbons (Fsp3) is 0.231. The zero-order chi connectivity index (χ0) is 14.9. The van der Waals surface area contributed by atoms with Gasteiger partial charge in [-0.2, -0.15) is 0 Å². The lowest BCUT2D eigenvalue weighted by Crippen LogP contribution is -2.13. The van der Waals surface area contributed by atoms with E-state index in [0.717, 1.165) is 15.0 Å². The van der Waals surface area contributed by atoms with Crippen LogP contribution in [0.5, 0.6) is 0 Å². The molecule has 0 bridgehead atoms. The third-order valence-electron chi connectivity index (χ3n) is 2.71. The summed E-state index contributed by atoms with van der Waals surface area (Å²) in [7, 11) is 0.283. The van der Waals surface area contributed by atoms with Crippen molar-refractivity contribution in [2.45, 2.75) is 11.1 Å². The van der Waals surface area contributed by atoms with Crippen LogP contribution in [0.2, 0.25) is 0 Å². The van der Waals surface area contributed by atoms with Gasteiger partial charge in [-0.25, -0.2) is 8.42 Å². The Morgan fingerprint density at radius 3 is 2.50 bits per heavy atom. The third kappa shape index (κ3) is 3.34. The van der Waals surface area contributed by atoms with Crippen molar-refractivity contribution in [2.75, 3.05) is 23.7 Å². The van der Waals surface area contributed by atoms with Gasteiger partial charge in [0.05, 0.1) is 9.47 Å². The first-order valence-electron chi connectivity index (χ1n) is 5.86. The first kappa shape index (κ1) is 15.3. The van der Waals surface area contributed by atoms with Crippen molar-refractivity contribution in [3.05, 3.63) is 39.7 Å². The summed E-state index contributed by atoms with van der Waals surface area (Å²) in [5, 5.41) is 0. The quantitative estimate of drug-likeness (QED) is 0.887. The number of hydrogen-bond acceptors (Lipinski definition) is 4. The molecule has 1 heterocycles. The molecule has 1 N–H and O–H groups in total. The van der Waals surface area contributed by atoms with Crippen LogP contribution in [0.3, 0.4) is 0 Å². The summed E-state index contributed by atoms with van der Waals surface area (Å²) >= 11 is 4.55. The topological polar surface area (TPSA) is 49.4 Å². The highest BCUT2D eigenvalue weighted by atomic mass is 79.9. The van der Waals surface area contributed by atoms with Gasteiger partial charge in [-0.15, -0.1) is 11.3 Å². The Morgan fingerprint density at radius 2 is 1.95 bits per heavy atom. The minimum atomic E-state index is -3.54. The molecule has 0 aliphatic heterocycles. The Kier molecular flexibility index (Phi) is 4.41. The average molecular weight is 375 g/mol. The molecule has 0 fully saturated rings. The fourth-order valence-electron chi connectivity index (χ4n) is 1.62. The molecule has 1 aromatic heterocycles. The number of halogens is 1. The van der Waals surface area contributed by atoms with Crippen LogP contribution < -0.4 is 9.62 Å². The standard InChI is InChI=1S/C13H15BrN2O2S2/c1-9-7-12(19-13(9)14)20(17,18)15-10-5-4-6-11(8-10)16(2)3/h4-8,15H,1-3H3. The van der Waals surface area contributed by atoms with Crippen LogP contribution in [0.1, 0.15) is 5.56 Å². The summed E-state index contributed by atoms with van der Waals surface area (Å²) < 4.78 is 28.4. The van der Waals surface area contributed by atoms with Crippen molar-refractivity contribution in [1.29, 1.82) is 0 Å². The molecule has 1 aromatic carbocycles. The fourth-order valence-corrected chi connectivity index (χ4v) is 4.89. The number of benzene rings is 1. The van der Waals surface area contributed by atoms with Crippen molar-refractivity contribution in [1.82, 2.24) is 0 Å². The minimum absolute atomic E-state index is 0.303. The molecule has 0 unspecified atom stereocenters. The molecular formula is C13H15BrN2O2S2. The van der Waals surface area contributed by atoms with Gasteiger partial charge in [-0.3, -0.25) is 4.72 Å². The van der Waals surface area contributed by atoms with Crippen LogP contribution in [-0.4, -0.2) is 22.5 Å². The van der Waals surface area contributed by atoms with Crippen molar-refractivity contribution in [3.63, 3.8) is 0 Å². The molecule has 0 radical (unpaired) electrons. The first-order chi connectivity index (χ1) is 9.29. The van der Waals surface area contributed by atoms with E-state index in [-0.39, 0.29) is 0 Å². The molecule has 0 saturated carbocycles. The Bertz CT molecular complexity index is 704.